The predicted octanol–water partition coefficient (Wildman–Crippen LogP) is -3.65. The molecule has 8 rings (SSSR count). The molecule has 6 fully saturated rings. The number of carboxylic acids is 1. The van der Waals surface area contributed by atoms with Crippen molar-refractivity contribution in [1.29, 1.82) is 10.8 Å². The summed E-state index contributed by atoms with van der Waals surface area (Å²) in [6.45, 7) is 2.89. The van der Waals surface area contributed by atoms with Crippen molar-refractivity contribution < 1.29 is 96.1 Å². The molecule has 47 nitrogen and oxygen atoms in total. The number of fused-ring (bicyclic) bond motifs is 5. The number of carbonyl (C=O) groups excluding carboxylic acids is 16. The van der Waals surface area contributed by atoms with Crippen molar-refractivity contribution in [3.8, 4) is 0 Å². The number of hydrogen-bond acceptors (Lipinski definition) is 26. The number of likely N-dealkylation sites (tertiary alicyclic amines) is 1. The average molecular weight is 1890 g/mol. The van der Waals surface area contributed by atoms with Gasteiger partial charge in [0.05, 0.1) is 25.5 Å². The van der Waals surface area contributed by atoms with Crippen molar-refractivity contribution in [3.63, 3.8) is 0 Å². The van der Waals surface area contributed by atoms with Crippen LogP contribution in [0.3, 0.4) is 0 Å². The summed E-state index contributed by atoms with van der Waals surface area (Å²) in [6.07, 6.45) is 4.87. The molecule has 15 amide bonds. The molecular formula is C83H127N27O20S2. The number of methoxy groups -OCH3 is 1. The van der Waals surface area contributed by atoms with E-state index in [1.807, 2.05) is 0 Å². The number of amides is 15. The molecule has 132 heavy (non-hydrogen) atoms. The molecule has 1 aromatic heterocycles. The van der Waals surface area contributed by atoms with Crippen LogP contribution in [0, 0.1) is 16.7 Å². The molecule has 49 heteroatoms. The van der Waals surface area contributed by atoms with Gasteiger partial charge in [-0.1, -0.05) is 77.3 Å². The van der Waals surface area contributed by atoms with E-state index in [9.17, 15) is 62.6 Å². The number of piperazine rings is 1. The van der Waals surface area contributed by atoms with Gasteiger partial charge in [0.15, 0.2) is 11.9 Å². The van der Waals surface area contributed by atoms with Crippen molar-refractivity contribution in [2.45, 2.75) is 234 Å². The number of nitrogens with one attached hydrogen (secondary N) is 16. The number of nitrogens with zero attached hydrogens (tertiary/aromatic N) is 9. The quantitative estimate of drug-likeness (QED) is 0.00445. The lowest BCUT2D eigenvalue weighted by atomic mass is 10.0. The van der Waals surface area contributed by atoms with E-state index >= 15 is 24.0 Å². The number of carbonyl (C=O) groups is 17. The number of rotatable bonds is 43. The summed E-state index contributed by atoms with van der Waals surface area (Å²) in [7, 11) is 3.14. The largest absolute Gasteiger partial charge is 0.480 e. The second kappa shape index (κ2) is 54.6. The van der Waals surface area contributed by atoms with Crippen LogP contribution in [0.4, 0.5) is 0 Å². The molecule has 0 spiro atoms. The van der Waals surface area contributed by atoms with E-state index in [0.29, 0.717) is 44.2 Å². The lowest BCUT2D eigenvalue weighted by molar-refractivity contribution is -0.151. The normalized spacial score (nSPS) is 22.2. The third kappa shape index (κ3) is 34.2. The van der Waals surface area contributed by atoms with Gasteiger partial charge in [-0.3, -0.25) is 87.6 Å². The van der Waals surface area contributed by atoms with Gasteiger partial charge in [-0.15, -0.1) is 0 Å². The highest BCUT2D eigenvalue weighted by Crippen LogP contribution is 2.28. The SMILES string of the molecule is COCC(=O)OCC1CN(C(=O)CCCCCN=[N+]=[N-])CCN1CC(=O)NCCCC[C@@H]1NC(=O)[C@H](Cc2cnc[nH]2)N2CCC[C@H](NC(=O)[C@@H]3CCCN3C(=O)CNC1=O)C(=O)N[C@H](C(=O)N[C@@H](Cc1ccccc1)C(=O)O)CSSC[C@H](NC(=O)[C@H](CC(C)C)NC(=O)[C@H](CCCNC(=N)N)NC(=O)[C@@H]1CCCN1C(=O)[C@H](CCCNC(=N)N)NC(=O)[C@@H]1CCC(=O)N1)C2=O. The number of guanidine groups is 2. The standard InChI is InChI=1S/C83H127N27O20S2/c1-49(2)37-58(101-71(117)54(20-12-29-91-82(84)85)98-77(123)63-24-16-34-109(63)79(125)57(21-13-30-92-83(86)87)100-73(119)56-26-27-65(111)96-56)74(120)104-61-47-132-131-46-60(75(121)102-59(81(127)128)38-50-17-6-4-7-18-50)103-72(118)55-22-14-33-110(80(61)126)64(39-51-40-89-48-94-51)78(124)97-53(70(116)93-41-68(114)108-32-15-23-62(108)76(122)99-55)19-9-11-28-90-66(112)43-106-35-36-107(42-52(106)44-130-69(115)45-129-3)67(113)25-8-5-10-31-95-105-88/h4,6-7,17-18,40,48-49,52-64H,5,8-16,19-39,41-47H2,1-3H3,(H,89,94)(H,90,112)(H,93,116)(H,96,111)(H,97,124)(H,98,123)(H,99,122)(H,100,119)(H,101,117)(H,102,121)(H,103,118)(H,104,120)(H,127,128)(H4,84,85,91)(H4,86,87,92)/t52?,53-,54-,55-,56-,57-,58-,59-,60-,61-,62-,63-,64-/m0/s1. The molecule has 0 saturated carbocycles. The van der Waals surface area contributed by atoms with Crippen LogP contribution in [-0.4, -0.2) is 341 Å². The van der Waals surface area contributed by atoms with E-state index in [1.54, 1.807) is 54.0 Å². The topological polar surface area (TPSA) is 679 Å². The first-order valence-corrected chi connectivity index (χ1v) is 47.3. The summed E-state index contributed by atoms with van der Waals surface area (Å²) < 4.78 is 10.4. The van der Waals surface area contributed by atoms with Gasteiger partial charge in [-0.25, -0.2) is 14.6 Å². The lowest BCUT2D eigenvalue weighted by Gasteiger charge is -2.40. The minimum absolute atomic E-state index is 0.0161. The maximum atomic E-state index is 16.4. The third-order valence-electron chi connectivity index (χ3n) is 23.2. The van der Waals surface area contributed by atoms with Gasteiger partial charge < -0.3 is 120 Å². The number of carboxylic acid groups (broad SMARTS) is 1. The first-order chi connectivity index (χ1) is 63.3. The maximum Gasteiger partial charge on any atom is 0.332 e. The van der Waals surface area contributed by atoms with E-state index in [-0.39, 0.29) is 210 Å². The summed E-state index contributed by atoms with van der Waals surface area (Å²) >= 11 is 0. The first kappa shape index (κ1) is 105. The van der Waals surface area contributed by atoms with Crippen LogP contribution in [0.25, 0.3) is 10.4 Å². The Morgan fingerprint density at radius 1 is 0.697 bits per heavy atom. The van der Waals surface area contributed by atoms with Crippen LogP contribution in [0.1, 0.15) is 154 Å². The van der Waals surface area contributed by atoms with Crippen LogP contribution in [0.15, 0.2) is 48.0 Å². The van der Waals surface area contributed by atoms with Gasteiger partial charge in [-0.05, 0) is 126 Å². The van der Waals surface area contributed by atoms with Gasteiger partial charge in [0.25, 0.3) is 0 Å². The Morgan fingerprint density at radius 2 is 1.39 bits per heavy atom. The fourth-order valence-corrected chi connectivity index (χ4v) is 18.6. The fraction of sp³-hybridized carbons (Fsp3) is 0.663. The van der Waals surface area contributed by atoms with Crippen LogP contribution in [-0.2, 0) is 104 Å². The van der Waals surface area contributed by atoms with Gasteiger partial charge >= 0.3 is 11.9 Å². The molecular weight excluding hydrogens is 1760 g/mol. The Labute approximate surface area is 771 Å². The number of unbranched alkanes of at least 4 members (excludes halogenated alkanes) is 3. The highest BCUT2D eigenvalue weighted by atomic mass is 33.1. The highest BCUT2D eigenvalue weighted by Gasteiger charge is 2.45. The Kier molecular flexibility index (Phi) is 43.6. The number of aliphatic carboxylic acids is 1. The molecule has 6 aliphatic rings. The van der Waals surface area contributed by atoms with Gasteiger partial charge in [0, 0.05) is 127 Å². The van der Waals surface area contributed by atoms with Gasteiger partial charge in [-0.2, -0.15) is 0 Å². The van der Waals surface area contributed by atoms with Crippen molar-refractivity contribution in [2.75, 3.05) is 110 Å². The van der Waals surface area contributed by atoms with Crippen molar-refractivity contribution >= 4 is 134 Å². The second-order valence-corrected chi connectivity index (χ2v) is 36.2. The summed E-state index contributed by atoms with van der Waals surface area (Å²) in [5.41, 5.74) is 20.6. The van der Waals surface area contributed by atoms with E-state index < -0.39 is 198 Å². The highest BCUT2D eigenvalue weighted by molar-refractivity contribution is 8.76. The fourth-order valence-electron chi connectivity index (χ4n) is 16.3. The first-order valence-electron chi connectivity index (χ1n) is 44.8. The van der Waals surface area contributed by atoms with E-state index in [0.717, 1.165) is 26.5 Å². The Balaban J connectivity index is 1.10. The maximum absolute atomic E-state index is 16.4. The predicted molar refractivity (Wildman–Crippen MR) is 481 cm³/mol. The molecule has 2 bridgehead atoms. The number of hydrogen-bond donors (Lipinski definition) is 19. The van der Waals surface area contributed by atoms with Crippen LogP contribution < -0.4 is 80.6 Å². The molecule has 13 atom stereocenters. The van der Waals surface area contributed by atoms with E-state index in [1.165, 1.54) is 29.4 Å². The van der Waals surface area contributed by atoms with Crippen LogP contribution in [0.5, 0.6) is 0 Å². The monoisotopic (exact) mass is 1890 g/mol. The number of aromatic amines is 1. The van der Waals surface area contributed by atoms with Crippen LogP contribution >= 0.6 is 21.6 Å². The minimum Gasteiger partial charge on any atom is -0.480 e. The number of ether oxygens (including phenoxy) is 2. The summed E-state index contributed by atoms with van der Waals surface area (Å²) in [4.78, 5) is 262. The van der Waals surface area contributed by atoms with E-state index in [4.69, 9.17) is 37.3 Å². The number of nitrogens with two attached hydrogens (primary N) is 2. The molecule has 21 N–H and O–H groups in total. The number of aromatic nitrogens is 2. The lowest BCUT2D eigenvalue weighted by Crippen LogP contribution is -2.62. The zero-order valence-electron chi connectivity index (χ0n) is 74.7. The Bertz CT molecular complexity index is 4380. The molecule has 1 unspecified atom stereocenters. The molecule has 6 saturated heterocycles. The van der Waals surface area contributed by atoms with Crippen molar-refractivity contribution in [3.05, 3.63) is 64.6 Å². The Morgan fingerprint density at radius 3 is 2.08 bits per heavy atom. The van der Waals surface area contributed by atoms with E-state index in [2.05, 4.69) is 89.1 Å². The molecule has 0 aliphatic carbocycles. The molecule has 726 valence electrons. The number of H-pyrrole nitrogens is 1. The number of imidazole rings is 1. The van der Waals surface area contributed by atoms with Crippen molar-refractivity contribution in [1.82, 2.24) is 104 Å². The minimum atomic E-state index is -1.71. The Hall–Kier alpha value is -12.1. The summed E-state index contributed by atoms with van der Waals surface area (Å²) in [5, 5.41) is 64.9. The number of azide groups is 1. The molecule has 2 aromatic rings. The summed E-state index contributed by atoms with van der Waals surface area (Å²) in [6, 6.07) is -9.31. The molecule has 6 aliphatic heterocycles. The average Bonchev–Trinajstić information content (AvgIpc) is 1.74. The third-order valence-corrected chi connectivity index (χ3v) is 25.7. The van der Waals surface area contributed by atoms with Crippen LogP contribution in [0.2, 0.25) is 0 Å². The smallest absolute Gasteiger partial charge is 0.332 e. The van der Waals surface area contributed by atoms with Gasteiger partial charge in [0.2, 0.25) is 88.6 Å². The van der Waals surface area contributed by atoms with Crippen molar-refractivity contribution in [2.24, 2.45) is 22.5 Å². The number of benzene rings is 1. The zero-order chi connectivity index (χ0) is 95.8. The molecule has 0 radical (unpaired) electrons. The zero-order valence-corrected chi connectivity index (χ0v) is 76.3. The number of esters is 1. The van der Waals surface area contributed by atoms with Gasteiger partial charge in [0.1, 0.15) is 85.7 Å². The second-order valence-electron chi connectivity index (χ2n) is 33.7. The molecule has 1 aromatic carbocycles. The summed E-state index contributed by atoms with van der Waals surface area (Å²) in [5.74, 6) is -15.0. The molecule has 7 heterocycles.